The molecule has 0 amide bonds. The topological polar surface area (TPSA) is 47.3 Å². The molecule has 1 aromatic carbocycles. The van der Waals surface area contributed by atoms with Crippen molar-refractivity contribution in [2.45, 2.75) is 38.2 Å². The Morgan fingerprint density at radius 3 is 2.94 bits per heavy atom. The largest absolute Gasteiger partial charge is 0.488 e. The molecule has 1 fully saturated rings. The van der Waals surface area contributed by atoms with Gasteiger partial charge in [-0.15, -0.1) is 0 Å². The molecule has 0 bridgehead atoms. The van der Waals surface area contributed by atoms with Gasteiger partial charge in [-0.2, -0.15) is 0 Å². The molecule has 1 heterocycles. The first-order valence-corrected chi connectivity index (χ1v) is 7.08. The third-order valence-electron chi connectivity index (χ3n) is 4.17. The highest BCUT2D eigenvalue weighted by Gasteiger charge is 2.21. The van der Waals surface area contributed by atoms with Crippen LogP contribution in [0.3, 0.4) is 0 Å². The average molecular weight is 246 g/mol. The highest BCUT2D eigenvalue weighted by molar-refractivity contribution is 5.52. The van der Waals surface area contributed by atoms with Gasteiger partial charge >= 0.3 is 0 Å². The third kappa shape index (κ3) is 2.46. The summed E-state index contributed by atoms with van der Waals surface area (Å²) in [6, 6.07) is 6.39. The first-order chi connectivity index (χ1) is 8.85. The van der Waals surface area contributed by atoms with Gasteiger partial charge in [0.05, 0.1) is 0 Å². The summed E-state index contributed by atoms with van der Waals surface area (Å²) in [6.07, 6.45) is 6.71. The number of nitrogens with two attached hydrogens (primary N) is 1. The number of hydrogen-bond acceptors (Lipinski definition) is 3. The molecule has 3 rings (SSSR count). The van der Waals surface area contributed by atoms with E-state index in [4.69, 9.17) is 10.5 Å². The summed E-state index contributed by atoms with van der Waals surface area (Å²) in [4.78, 5) is 0. The van der Waals surface area contributed by atoms with Crippen molar-refractivity contribution < 1.29 is 4.74 Å². The number of anilines is 1. The molecule has 1 saturated carbocycles. The molecule has 0 saturated heterocycles. The smallest absolute Gasteiger partial charge is 0.123 e. The molecular weight excluding hydrogens is 224 g/mol. The fraction of sp³-hybridized carbons (Fsp3) is 0.600. The fourth-order valence-corrected chi connectivity index (χ4v) is 2.76. The maximum atomic E-state index is 5.73. The van der Waals surface area contributed by atoms with Gasteiger partial charge in [0.1, 0.15) is 11.9 Å². The maximum Gasteiger partial charge on any atom is 0.123 e. The Bertz CT molecular complexity index is 415. The molecule has 1 aliphatic heterocycles. The molecule has 98 valence electrons. The Balaban J connectivity index is 1.54. The van der Waals surface area contributed by atoms with Crippen molar-refractivity contribution in [3.63, 3.8) is 0 Å². The van der Waals surface area contributed by atoms with Gasteiger partial charge in [-0.25, -0.2) is 0 Å². The lowest BCUT2D eigenvalue weighted by atomic mass is 9.83. The van der Waals surface area contributed by atoms with Crippen LogP contribution in [0.2, 0.25) is 0 Å². The van der Waals surface area contributed by atoms with Crippen LogP contribution in [-0.2, 0) is 6.42 Å². The number of fused-ring (bicyclic) bond motifs is 1. The molecule has 3 heteroatoms. The first-order valence-electron chi connectivity index (χ1n) is 7.08. The van der Waals surface area contributed by atoms with E-state index in [0.29, 0.717) is 6.54 Å². The maximum absolute atomic E-state index is 5.73. The number of rotatable bonds is 5. The lowest BCUT2D eigenvalue weighted by Crippen LogP contribution is -2.24. The van der Waals surface area contributed by atoms with E-state index >= 15 is 0 Å². The summed E-state index contributed by atoms with van der Waals surface area (Å²) in [6.45, 7) is 1.68. The third-order valence-corrected chi connectivity index (χ3v) is 4.17. The number of nitrogens with one attached hydrogen (secondary N) is 1. The van der Waals surface area contributed by atoms with E-state index in [2.05, 4.69) is 23.5 Å². The average Bonchev–Trinajstić information content (AvgIpc) is 2.74. The molecule has 0 spiro atoms. The van der Waals surface area contributed by atoms with Gasteiger partial charge in [-0.3, -0.25) is 0 Å². The van der Waals surface area contributed by atoms with Crippen molar-refractivity contribution in [1.29, 1.82) is 0 Å². The molecule has 2 aliphatic rings. The minimum atomic E-state index is 0.172. The normalized spacial score (nSPS) is 22.2. The second kappa shape index (κ2) is 5.19. The summed E-state index contributed by atoms with van der Waals surface area (Å²) in [5.74, 6) is 1.98. The van der Waals surface area contributed by atoms with Crippen LogP contribution in [0, 0.1) is 5.92 Å². The van der Waals surface area contributed by atoms with Crippen LogP contribution in [0.5, 0.6) is 5.75 Å². The highest BCUT2D eigenvalue weighted by Crippen LogP contribution is 2.32. The molecule has 1 atom stereocenters. The number of hydrogen-bond donors (Lipinski definition) is 2. The predicted molar refractivity (Wildman–Crippen MR) is 74.1 cm³/mol. The Morgan fingerprint density at radius 1 is 1.33 bits per heavy atom. The minimum absolute atomic E-state index is 0.172. The second-order valence-corrected chi connectivity index (χ2v) is 5.51. The van der Waals surface area contributed by atoms with E-state index in [-0.39, 0.29) is 6.10 Å². The van der Waals surface area contributed by atoms with Crippen molar-refractivity contribution >= 4 is 5.69 Å². The van der Waals surface area contributed by atoms with E-state index in [1.54, 1.807) is 0 Å². The van der Waals surface area contributed by atoms with Crippen molar-refractivity contribution in [2.24, 2.45) is 11.7 Å². The van der Waals surface area contributed by atoms with Gasteiger partial charge in [-0.1, -0.05) is 19.3 Å². The van der Waals surface area contributed by atoms with Crippen LogP contribution >= 0.6 is 0 Å². The zero-order chi connectivity index (χ0) is 12.4. The zero-order valence-electron chi connectivity index (χ0n) is 10.8. The van der Waals surface area contributed by atoms with E-state index in [1.165, 1.54) is 36.9 Å². The van der Waals surface area contributed by atoms with Crippen molar-refractivity contribution in [3.8, 4) is 5.75 Å². The Hall–Kier alpha value is -1.22. The fourth-order valence-electron chi connectivity index (χ4n) is 2.76. The van der Waals surface area contributed by atoms with Gasteiger partial charge in [0.25, 0.3) is 0 Å². The van der Waals surface area contributed by atoms with E-state index in [9.17, 15) is 0 Å². The molecule has 3 N–H and O–H groups in total. The van der Waals surface area contributed by atoms with Crippen molar-refractivity contribution in [3.05, 3.63) is 23.8 Å². The zero-order valence-corrected chi connectivity index (χ0v) is 10.8. The molecule has 0 radical (unpaired) electrons. The lowest BCUT2D eigenvalue weighted by Gasteiger charge is -2.25. The van der Waals surface area contributed by atoms with E-state index in [1.807, 2.05) is 0 Å². The van der Waals surface area contributed by atoms with E-state index in [0.717, 1.165) is 24.6 Å². The minimum Gasteiger partial charge on any atom is -0.488 e. The summed E-state index contributed by atoms with van der Waals surface area (Å²) >= 11 is 0. The highest BCUT2D eigenvalue weighted by atomic mass is 16.5. The molecule has 1 aliphatic carbocycles. The van der Waals surface area contributed by atoms with E-state index < -0.39 is 0 Å². The van der Waals surface area contributed by atoms with Crippen LogP contribution in [0.15, 0.2) is 18.2 Å². The lowest BCUT2D eigenvalue weighted by molar-refractivity contribution is 0.241. The quantitative estimate of drug-likeness (QED) is 0.839. The SMILES string of the molecule is NCC1Cc2cc(NCCC3CCC3)ccc2O1. The Morgan fingerprint density at radius 2 is 2.22 bits per heavy atom. The predicted octanol–water partition coefficient (Wildman–Crippen LogP) is 2.55. The van der Waals surface area contributed by atoms with Gasteiger partial charge in [0.2, 0.25) is 0 Å². The molecule has 3 nitrogen and oxygen atoms in total. The molecule has 1 aromatic rings. The van der Waals surface area contributed by atoms with Crippen molar-refractivity contribution in [1.82, 2.24) is 0 Å². The summed E-state index contributed by atoms with van der Waals surface area (Å²) in [5.41, 5.74) is 8.15. The van der Waals surface area contributed by atoms with Gasteiger partial charge in [0.15, 0.2) is 0 Å². The molecule has 0 aromatic heterocycles. The standard InChI is InChI=1S/C15H22N2O/c16-10-14-9-12-8-13(4-5-15(12)18-14)17-7-6-11-2-1-3-11/h4-5,8,11,14,17H,1-3,6-7,9-10,16H2. The molecule has 1 unspecified atom stereocenters. The number of benzene rings is 1. The second-order valence-electron chi connectivity index (χ2n) is 5.51. The number of ether oxygens (including phenoxy) is 1. The monoisotopic (exact) mass is 246 g/mol. The molecular formula is C15H22N2O. The summed E-state index contributed by atoms with van der Waals surface area (Å²) in [5, 5.41) is 3.52. The Labute approximate surface area is 109 Å². The summed E-state index contributed by atoms with van der Waals surface area (Å²) < 4.78 is 5.73. The van der Waals surface area contributed by atoms with Crippen LogP contribution in [-0.4, -0.2) is 19.2 Å². The van der Waals surface area contributed by atoms with Crippen LogP contribution in [0.4, 0.5) is 5.69 Å². The first kappa shape index (κ1) is 11.8. The Kier molecular flexibility index (Phi) is 3.41. The summed E-state index contributed by atoms with van der Waals surface area (Å²) in [7, 11) is 0. The van der Waals surface area contributed by atoms with Crippen LogP contribution < -0.4 is 15.8 Å². The van der Waals surface area contributed by atoms with Crippen LogP contribution in [0.25, 0.3) is 0 Å². The van der Waals surface area contributed by atoms with Gasteiger partial charge in [0, 0.05) is 25.2 Å². The van der Waals surface area contributed by atoms with Gasteiger partial charge in [-0.05, 0) is 36.1 Å². The molecule has 18 heavy (non-hydrogen) atoms. The van der Waals surface area contributed by atoms with Crippen LogP contribution in [0.1, 0.15) is 31.2 Å². The van der Waals surface area contributed by atoms with Gasteiger partial charge < -0.3 is 15.8 Å². The van der Waals surface area contributed by atoms with Crippen molar-refractivity contribution in [2.75, 3.05) is 18.4 Å².